The van der Waals surface area contributed by atoms with Gasteiger partial charge in [0, 0.05) is 6.61 Å². The van der Waals surface area contributed by atoms with Gasteiger partial charge < -0.3 is 5.11 Å². The van der Waals surface area contributed by atoms with Gasteiger partial charge in [0.15, 0.2) is 0 Å². The van der Waals surface area contributed by atoms with Crippen molar-refractivity contribution in [2.75, 3.05) is 6.61 Å². The monoisotopic (exact) mass is 211 g/mol. The Bertz CT molecular complexity index is 9.61. The van der Waals surface area contributed by atoms with E-state index in [1.54, 1.807) is 6.92 Å². The summed E-state index contributed by atoms with van der Waals surface area (Å²) in [5, 5.41) is 7.57. The Morgan fingerprint density at radius 1 is 1.80 bits per heavy atom. The fourth-order valence-corrected chi connectivity index (χ4v) is 0. The number of hydrogen-bond acceptors (Lipinski definition) is 1. The maximum absolute atomic E-state index is 7.57. The first-order valence-electron chi connectivity index (χ1n) is 1.18. The van der Waals surface area contributed by atoms with Crippen LogP contribution in [0, 0.1) is 0 Å². The Morgan fingerprint density at radius 3 is 1.80 bits per heavy atom. The molecule has 0 aromatic heterocycles. The van der Waals surface area contributed by atoms with Gasteiger partial charge in [-0.05, 0) is 6.92 Å². The molecule has 1 nitrogen and oxygen atoms in total. The molecule has 33 valence electrons. The van der Waals surface area contributed by atoms with Crippen LogP contribution in [-0.4, -0.2) is 32.9 Å². The molecule has 1 N–H and O–H groups in total. The van der Waals surface area contributed by atoms with E-state index in [2.05, 4.69) is 8.96 Å². The summed E-state index contributed by atoms with van der Waals surface area (Å²) in [4.78, 5) is 0. The summed E-state index contributed by atoms with van der Waals surface area (Å²) >= 11 is 1.42. The number of aliphatic hydroxyl groups is 1. The zero-order valence-corrected chi connectivity index (χ0v) is 6.03. The van der Waals surface area contributed by atoms with Crippen LogP contribution in [0.25, 0.3) is 0 Å². The molecule has 5 heavy (non-hydrogen) atoms. The van der Waals surface area contributed by atoms with Crippen molar-refractivity contribution in [2.45, 2.75) is 6.92 Å². The Kier molecular flexibility index (Phi) is 37.2. The van der Waals surface area contributed by atoms with Crippen molar-refractivity contribution in [3.8, 4) is 0 Å². The van der Waals surface area contributed by atoms with E-state index in [1.165, 1.54) is 21.2 Å². The molecule has 0 amide bonds. The number of halogens is 1. The summed E-state index contributed by atoms with van der Waals surface area (Å²) in [6.45, 7) is 1.93. The topological polar surface area (TPSA) is 20.2 Å². The van der Waals surface area contributed by atoms with Gasteiger partial charge in [-0.25, -0.2) is 0 Å². The number of rotatable bonds is 0. The molecule has 0 aromatic rings. The Morgan fingerprint density at radius 2 is 1.80 bits per heavy atom. The SMILES string of the molecule is CCO.Cl[Te]. The molecule has 0 aliphatic carbocycles. The number of hydrogen-bond donors (Lipinski definition) is 1. The van der Waals surface area contributed by atoms with Crippen LogP contribution in [-0.2, 0) is 0 Å². The van der Waals surface area contributed by atoms with E-state index in [9.17, 15) is 0 Å². The average molecular weight is 209 g/mol. The summed E-state index contributed by atoms with van der Waals surface area (Å²) in [7, 11) is 4.65. The summed E-state index contributed by atoms with van der Waals surface area (Å²) in [6, 6.07) is 0. The molecule has 0 aromatic carbocycles. The molecular formula is C2H6ClOTe. The van der Waals surface area contributed by atoms with Crippen molar-refractivity contribution >= 4 is 30.1 Å². The van der Waals surface area contributed by atoms with Gasteiger partial charge in [-0.2, -0.15) is 0 Å². The fraction of sp³-hybridized carbons (Fsp3) is 1.00. The fourth-order valence-electron chi connectivity index (χ4n) is 0. The summed E-state index contributed by atoms with van der Waals surface area (Å²) in [5.74, 6) is 0. The molecule has 0 aliphatic heterocycles. The predicted molar refractivity (Wildman–Crippen MR) is 24.4 cm³/mol. The standard InChI is InChI=1S/C2H6O.ClTe/c1-2-3;1-2/h3H,2H2,1H3;. The summed E-state index contributed by atoms with van der Waals surface area (Å²) < 4.78 is 0. The van der Waals surface area contributed by atoms with Crippen molar-refractivity contribution in [1.82, 2.24) is 0 Å². The first-order chi connectivity index (χ1) is 2.41. The molecule has 1 radical (unpaired) electrons. The van der Waals surface area contributed by atoms with Crippen molar-refractivity contribution in [2.24, 2.45) is 0 Å². The molecule has 0 unspecified atom stereocenters. The van der Waals surface area contributed by atoms with Crippen LogP contribution >= 0.6 is 8.96 Å². The van der Waals surface area contributed by atoms with Crippen molar-refractivity contribution in [3.63, 3.8) is 0 Å². The van der Waals surface area contributed by atoms with Crippen LogP contribution < -0.4 is 0 Å². The van der Waals surface area contributed by atoms with Crippen LogP contribution in [0.5, 0.6) is 0 Å². The zero-order valence-electron chi connectivity index (χ0n) is 2.94. The Hall–Kier alpha value is 1.04. The van der Waals surface area contributed by atoms with Gasteiger partial charge in [0.25, 0.3) is 0 Å². The van der Waals surface area contributed by atoms with Crippen molar-refractivity contribution < 1.29 is 5.11 Å². The minimum atomic E-state index is 0.250. The second kappa shape index (κ2) is 19.8. The van der Waals surface area contributed by atoms with Gasteiger partial charge in [-0.1, -0.05) is 0 Å². The third-order valence-corrected chi connectivity index (χ3v) is 0. The molecule has 0 heterocycles. The van der Waals surface area contributed by atoms with Crippen LogP contribution in [0.2, 0.25) is 0 Å². The first kappa shape index (κ1) is 9.40. The second-order valence-corrected chi connectivity index (χ2v) is 0.316. The van der Waals surface area contributed by atoms with Gasteiger partial charge in [0.05, 0.1) is 0 Å². The van der Waals surface area contributed by atoms with Crippen LogP contribution in [0.15, 0.2) is 0 Å². The zero-order chi connectivity index (χ0) is 4.71. The van der Waals surface area contributed by atoms with Gasteiger partial charge in [0.1, 0.15) is 0 Å². The van der Waals surface area contributed by atoms with Gasteiger partial charge in [-0.15, -0.1) is 0 Å². The van der Waals surface area contributed by atoms with E-state index < -0.39 is 0 Å². The van der Waals surface area contributed by atoms with E-state index in [0.29, 0.717) is 0 Å². The van der Waals surface area contributed by atoms with Gasteiger partial charge >= 0.3 is 30.1 Å². The molecule has 3 heteroatoms. The molecule has 0 atom stereocenters. The molecule has 0 bridgehead atoms. The van der Waals surface area contributed by atoms with Crippen LogP contribution in [0.3, 0.4) is 0 Å². The quantitative estimate of drug-likeness (QED) is 0.569. The average Bonchev–Trinajstić information content (AvgIpc) is 1.46. The van der Waals surface area contributed by atoms with E-state index >= 15 is 0 Å². The number of aliphatic hydroxyl groups excluding tert-OH is 1. The first-order valence-corrected chi connectivity index (χ1v) is 4.13. The van der Waals surface area contributed by atoms with E-state index in [-0.39, 0.29) is 6.61 Å². The van der Waals surface area contributed by atoms with E-state index in [1.807, 2.05) is 0 Å². The molecule has 0 rings (SSSR count). The van der Waals surface area contributed by atoms with Crippen molar-refractivity contribution in [1.29, 1.82) is 0 Å². The Balaban J connectivity index is 0. The van der Waals surface area contributed by atoms with E-state index in [0.717, 1.165) is 0 Å². The normalized spacial score (nSPS) is 4.80. The molecule has 0 aliphatic rings. The third-order valence-electron chi connectivity index (χ3n) is 0. The van der Waals surface area contributed by atoms with Gasteiger partial charge in [-0.3, -0.25) is 0 Å². The molecule has 0 saturated carbocycles. The van der Waals surface area contributed by atoms with E-state index in [4.69, 9.17) is 5.11 Å². The van der Waals surface area contributed by atoms with Gasteiger partial charge in [0.2, 0.25) is 0 Å². The van der Waals surface area contributed by atoms with Crippen molar-refractivity contribution in [3.05, 3.63) is 0 Å². The molecule has 0 fully saturated rings. The molecule has 0 spiro atoms. The minimum absolute atomic E-state index is 0.250. The summed E-state index contributed by atoms with van der Waals surface area (Å²) in [6.07, 6.45) is 0. The van der Waals surface area contributed by atoms with Crippen LogP contribution in [0.1, 0.15) is 6.92 Å². The molecular weight excluding hydrogens is 203 g/mol. The third kappa shape index (κ3) is 43.1. The molecule has 0 saturated heterocycles. The summed E-state index contributed by atoms with van der Waals surface area (Å²) in [5.41, 5.74) is 0. The predicted octanol–water partition coefficient (Wildman–Crippen LogP) is 0.307. The maximum atomic E-state index is 7.57. The Labute approximate surface area is 49.0 Å². The van der Waals surface area contributed by atoms with Crippen LogP contribution in [0.4, 0.5) is 0 Å². The second-order valence-electron chi connectivity index (χ2n) is 0.316.